The van der Waals surface area contributed by atoms with Crippen LogP contribution in [0.4, 0.5) is 4.79 Å². The number of hydrogen-bond acceptors (Lipinski definition) is 6. The standard InChI is InChI=1S/C17H21NO6/c1-17(2,3)24-16(22)18-10-23-15(21)13(18)8-9-14(20)11-4-6-12(19)7-5-11/h4-7,13,19H,8-10H2,1-3H3/t13-/m0/s1. The second-order valence-corrected chi connectivity index (χ2v) is 6.57. The van der Waals surface area contributed by atoms with Crippen LogP contribution in [0.1, 0.15) is 44.0 Å². The summed E-state index contributed by atoms with van der Waals surface area (Å²) in [5, 5.41) is 9.23. The number of rotatable bonds is 4. The molecule has 0 radical (unpaired) electrons. The average molecular weight is 335 g/mol. The second kappa shape index (κ2) is 6.90. The number of hydrogen-bond donors (Lipinski definition) is 1. The number of phenolic OH excluding ortho intramolecular Hbond substituents is 1. The number of phenols is 1. The summed E-state index contributed by atoms with van der Waals surface area (Å²) in [6.45, 7) is 5.01. The van der Waals surface area contributed by atoms with Crippen LogP contribution >= 0.6 is 0 Å². The van der Waals surface area contributed by atoms with Crippen molar-refractivity contribution in [2.24, 2.45) is 0 Å². The maximum absolute atomic E-state index is 12.2. The second-order valence-electron chi connectivity index (χ2n) is 6.57. The molecular weight excluding hydrogens is 314 g/mol. The molecular formula is C17H21NO6. The topological polar surface area (TPSA) is 93.1 Å². The largest absolute Gasteiger partial charge is 0.508 e. The van der Waals surface area contributed by atoms with E-state index in [9.17, 15) is 19.5 Å². The number of amides is 1. The van der Waals surface area contributed by atoms with Crippen LogP contribution in [0.3, 0.4) is 0 Å². The van der Waals surface area contributed by atoms with Crippen molar-refractivity contribution in [2.45, 2.75) is 45.3 Å². The Morgan fingerprint density at radius 3 is 2.50 bits per heavy atom. The van der Waals surface area contributed by atoms with Gasteiger partial charge in [-0.2, -0.15) is 0 Å². The van der Waals surface area contributed by atoms with Gasteiger partial charge < -0.3 is 14.6 Å². The van der Waals surface area contributed by atoms with Crippen LogP contribution < -0.4 is 0 Å². The van der Waals surface area contributed by atoms with Crippen LogP contribution in [-0.4, -0.2) is 46.2 Å². The SMILES string of the molecule is CC(C)(C)OC(=O)N1COC(=O)[C@@H]1CCC(=O)c1ccc(O)cc1. The Bertz CT molecular complexity index is 631. The number of cyclic esters (lactones) is 1. The van der Waals surface area contributed by atoms with E-state index in [1.807, 2.05) is 0 Å². The highest BCUT2D eigenvalue weighted by Crippen LogP contribution is 2.21. The highest BCUT2D eigenvalue weighted by molar-refractivity contribution is 5.96. The van der Waals surface area contributed by atoms with Gasteiger partial charge in [-0.1, -0.05) is 0 Å². The van der Waals surface area contributed by atoms with Crippen molar-refractivity contribution >= 4 is 17.8 Å². The molecule has 1 aliphatic heterocycles. The summed E-state index contributed by atoms with van der Waals surface area (Å²) in [5.74, 6) is -0.653. The van der Waals surface area contributed by atoms with E-state index >= 15 is 0 Å². The number of benzene rings is 1. The molecule has 1 aliphatic rings. The summed E-state index contributed by atoms with van der Waals surface area (Å²) >= 11 is 0. The van der Waals surface area contributed by atoms with Crippen molar-refractivity contribution in [3.63, 3.8) is 0 Å². The monoisotopic (exact) mass is 335 g/mol. The van der Waals surface area contributed by atoms with Crippen LogP contribution in [0.2, 0.25) is 0 Å². The fourth-order valence-electron chi connectivity index (χ4n) is 2.28. The predicted octanol–water partition coefficient (Wildman–Crippen LogP) is 2.48. The van der Waals surface area contributed by atoms with Gasteiger partial charge in [-0.05, 0) is 51.5 Å². The third-order valence-electron chi connectivity index (χ3n) is 3.46. The summed E-state index contributed by atoms with van der Waals surface area (Å²) in [6.07, 6.45) is -0.419. The maximum atomic E-state index is 12.2. The van der Waals surface area contributed by atoms with Crippen molar-refractivity contribution in [3.8, 4) is 5.75 Å². The first kappa shape index (κ1) is 17.8. The Labute approximate surface area is 140 Å². The highest BCUT2D eigenvalue weighted by Gasteiger charge is 2.39. The van der Waals surface area contributed by atoms with Gasteiger partial charge in [0.1, 0.15) is 17.4 Å². The molecule has 24 heavy (non-hydrogen) atoms. The first-order valence-electron chi connectivity index (χ1n) is 7.66. The number of ether oxygens (including phenoxy) is 2. The molecule has 0 saturated carbocycles. The van der Waals surface area contributed by atoms with Gasteiger partial charge >= 0.3 is 12.1 Å². The lowest BCUT2D eigenvalue weighted by Crippen LogP contribution is -2.41. The summed E-state index contributed by atoms with van der Waals surface area (Å²) in [5.41, 5.74) is -0.252. The van der Waals surface area contributed by atoms with Crippen LogP contribution in [0.25, 0.3) is 0 Å². The molecule has 0 unspecified atom stereocenters. The molecule has 0 spiro atoms. The highest BCUT2D eigenvalue weighted by atomic mass is 16.6. The number of nitrogens with zero attached hydrogens (tertiary/aromatic N) is 1. The lowest BCUT2D eigenvalue weighted by molar-refractivity contribution is -0.139. The van der Waals surface area contributed by atoms with Crippen molar-refractivity contribution in [1.29, 1.82) is 0 Å². The normalized spacial score (nSPS) is 17.5. The summed E-state index contributed by atoms with van der Waals surface area (Å²) in [6, 6.07) is 5.03. The van der Waals surface area contributed by atoms with Crippen LogP contribution in [0.15, 0.2) is 24.3 Å². The van der Waals surface area contributed by atoms with Gasteiger partial charge in [-0.3, -0.25) is 9.69 Å². The molecule has 130 valence electrons. The number of aromatic hydroxyl groups is 1. The number of carbonyl (C=O) groups excluding carboxylic acids is 3. The predicted molar refractivity (Wildman–Crippen MR) is 84.5 cm³/mol. The van der Waals surface area contributed by atoms with E-state index in [1.165, 1.54) is 29.2 Å². The third-order valence-corrected chi connectivity index (χ3v) is 3.46. The molecule has 2 rings (SSSR count). The molecule has 1 N–H and O–H groups in total. The summed E-state index contributed by atoms with van der Waals surface area (Å²) < 4.78 is 10.2. The van der Waals surface area contributed by atoms with Crippen LogP contribution in [-0.2, 0) is 14.3 Å². The third kappa shape index (κ3) is 4.47. The fraction of sp³-hybridized carbons (Fsp3) is 0.471. The van der Waals surface area contributed by atoms with Gasteiger partial charge in [0.15, 0.2) is 12.5 Å². The van der Waals surface area contributed by atoms with E-state index in [0.717, 1.165) is 0 Å². The van der Waals surface area contributed by atoms with Crippen LogP contribution in [0.5, 0.6) is 5.75 Å². The van der Waals surface area contributed by atoms with Gasteiger partial charge in [0.05, 0.1) is 0 Å². The molecule has 1 amide bonds. The summed E-state index contributed by atoms with van der Waals surface area (Å²) in [4.78, 5) is 37.3. The number of Topliss-reactive ketones (excluding diaryl/α,β-unsaturated/α-hetero) is 1. The van der Waals surface area contributed by atoms with E-state index in [0.29, 0.717) is 5.56 Å². The quantitative estimate of drug-likeness (QED) is 0.671. The molecule has 7 heteroatoms. The van der Waals surface area contributed by atoms with E-state index < -0.39 is 23.7 Å². The van der Waals surface area contributed by atoms with Gasteiger partial charge in [-0.25, -0.2) is 9.59 Å². The van der Waals surface area contributed by atoms with Crippen LogP contribution in [0, 0.1) is 0 Å². The zero-order valence-corrected chi connectivity index (χ0v) is 13.9. The van der Waals surface area contributed by atoms with Gasteiger partial charge in [0.2, 0.25) is 0 Å². The first-order chi connectivity index (χ1) is 11.2. The molecule has 7 nitrogen and oxygen atoms in total. The number of carbonyl (C=O) groups is 3. The van der Waals surface area contributed by atoms with Gasteiger partial charge in [0.25, 0.3) is 0 Å². The van der Waals surface area contributed by atoms with Gasteiger partial charge in [-0.15, -0.1) is 0 Å². The molecule has 1 aromatic rings. The number of ketones is 1. The van der Waals surface area contributed by atoms with E-state index in [4.69, 9.17) is 9.47 Å². The van der Waals surface area contributed by atoms with Crippen molar-refractivity contribution in [2.75, 3.05) is 6.73 Å². The molecule has 1 fully saturated rings. The Morgan fingerprint density at radius 1 is 1.29 bits per heavy atom. The lowest BCUT2D eigenvalue weighted by Gasteiger charge is -2.25. The molecule has 1 aromatic carbocycles. The van der Waals surface area contributed by atoms with Crippen molar-refractivity contribution in [3.05, 3.63) is 29.8 Å². The molecule has 1 atom stereocenters. The fourth-order valence-corrected chi connectivity index (χ4v) is 2.28. The van der Waals surface area contributed by atoms with E-state index in [-0.39, 0.29) is 31.1 Å². The minimum atomic E-state index is -0.832. The Kier molecular flexibility index (Phi) is 5.11. The number of esters is 1. The lowest BCUT2D eigenvalue weighted by atomic mass is 10.0. The molecule has 0 bridgehead atoms. The van der Waals surface area contributed by atoms with E-state index in [1.54, 1.807) is 20.8 Å². The molecule has 0 aromatic heterocycles. The molecule has 1 heterocycles. The average Bonchev–Trinajstić information content (AvgIpc) is 2.85. The van der Waals surface area contributed by atoms with Gasteiger partial charge in [0, 0.05) is 12.0 Å². The minimum Gasteiger partial charge on any atom is -0.508 e. The Morgan fingerprint density at radius 2 is 1.92 bits per heavy atom. The maximum Gasteiger partial charge on any atom is 0.413 e. The van der Waals surface area contributed by atoms with E-state index in [2.05, 4.69) is 0 Å². The Hall–Kier alpha value is -2.57. The molecule has 0 aliphatic carbocycles. The smallest absolute Gasteiger partial charge is 0.413 e. The van der Waals surface area contributed by atoms with Crippen molar-refractivity contribution < 1.29 is 29.0 Å². The Balaban J connectivity index is 1.98. The minimum absolute atomic E-state index is 0.0713. The zero-order chi connectivity index (χ0) is 17.9. The zero-order valence-electron chi connectivity index (χ0n) is 13.9. The van der Waals surface area contributed by atoms with Crippen molar-refractivity contribution in [1.82, 2.24) is 4.90 Å². The first-order valence-corrected chi connectivity index (χ1v) is 7.66. The summed E-state index contributed by atoms with van der Waals surface area (Å²) in [7, 11) is 0. The molecule has 1 saturated heterocycles.